The summed E-state index contributed by atoms with van der Waals surface area (Å²) in [4.78, 5) is 12.6. The van der Waals surface area contributed by atoms with Crippen LogP contribution >= 0.6 is 39.1 Å². The second-order valence-electron chi connectivity index (χ2n) is 6.60. The van der Waals surface area contributed by atoms with Crippen LogP contribution in [0.1, 0.15) is 16.1 Å². The second-order valence-corrected chi connectivity index (χ2v) is 8.36. The molecule has 0 aliphatic heterocycles. The number of halogens is 3. The summed E-state index contributed by atoms with van der Waals surface area (Å²) in [6.45, 7) is 0.693. The molecule has 0 bridgehead atoms. The summed E-state index contributed by atoms with van der Waals surface area (Å²) in [6.07, 6.45) is 5.27. The molecule has 158 valence electrons. The highest BCUT2D eigenvalue weighted by Crippen LogP contribution is 2.27. The smallest absolute Gasteiger partial charge is 0.276 e. The molecule has 7 nitrogen and oxygen atoms in total. The van der Waals surface area contributed by atoms with Gasteiger partial charge in [-0.15, -0.1) is 0 Å². The molecule has 1 amide bonds. The molecular formula is C21H16BrCl2N5O2. The van der Waals surface area contributed by atoms with Crippen LogP contribution in [0.25, 0.3) is 0 Å². The number of ether oxygens (including phenoxy) is 1. The average Bonchev–Trinajstić information content (AvgIpc) is 3.37. The van der Waals surface area contributed by atoms with E-state index in [2.05, 4.69) is 31.4 Å². The topological polar surface area (TPSA) is 74.0 Å². The van der Waals surface area contributed by atoms with Crippen molar-refractivity contribution in [2.45, 2.75) is 13.3 Å². The zero-order valence-electron chi connectivity index (χ0n) is 16.0. The fourth-order valence-electron chi connectivity index (χ4n) is 2.84. The van der Waals surface area contributed by atoms with Crippen LogP contribution < -0.4 is 10.1 Å². The van der Waals surface area contributed by atoms with E-state index in [0.717, 1.165) is 10.0 Å². The second kappa shape index (κ2) is 9.55. The monoisotopic (exact) mass is 519 g/mol. The van der Waals surface area contributed by atoms with Crippen LogP contribution in [0, 0.1) is 0 Å². The van der Waals surface area contributed by atoms with Crippen LogP contribution in [0.4, 0.5) is 5.69 Å². The Balaban J connectivity index is 1.37. The van der Waals surface area contributed by atoms with Gasteiger partial charge in [0.2, 0.25) is 0 Å². The summed E-state index contributed by atoms with van der Waals surface area (Å²) >= 11 is 15.4. The van der Waals surface area contributed by atoms with E-state index in [0.29, 0.717) is 28.0 Å². The van der Waals surface area contributed by atoms with Crippen LogP contribution in [0.3, 0.4) is 0 Å². The van der Waals surface area contributed by atoms with Crippen LogP contribution in [0.15, 0.2) is 71.6 Å². The summed E-state index contributed by atoms with van der Waals surface area (Å²) in [7, 11) is 0. The van der Waals surface area contributed by atoms with Gasteiger partial charge in [0, 0.05) is 23.1 Å². The zero-order chi connectivity index (χ0) is 21.8. The van der Waals surface area contributed by atoms with Crippen molar-refractivity contribution in [2.75, 3.05) is 5.32 Å². The van der Waals surface area contributed by atoms with Crippen LogP contribution in [0.2, 0.25) is 10.0 Å². The lowest BCUT2D eigenvalue weighted by Gasteiger charge is -2.08. The van der Waals surface area contributed by atoms with E-state index in [1.54, 1.807) is 41.3 Å². The van der Waals surface area contributed by atoms with Gasteiger partial charge in [-0.2, -0.15) is 10.2 Å². The van der Waals surface area contributed by atoms with E-state index in [1.807, 2.05) is 30.5 Å². The maximum Gasteiger partial charge on any atom is 0.276 e. The van der Waals surface area contributed by atoms with Crippen molar-refractivity contribution in [1.29, 1.82) is 0 Å². The highest BCUT2D eigenvalue weighted by molar-refractivity contribution is 9.10. The quantitative estimate of drug-likeness (QED) is 0.350. The van der Waals surface area contributed by atoms with E-state index in [1.165, 1.54) is 4.68 Å². The van der Waals surface area contributed by atoms with Gasteiger partial charge in [-0.1, -0.05) is 35.3 Å². The molecule has 2 aromatic heterocycles. The maximum absolute atomic E-state index is 12.6. The Labute approximate surface area is 196 Å². The lowest BCUT2D eigenvalue weighted by molar-refractivity contribution is 0.102. The predicted octanol–water partition coefficient (Wildman–Crippen LogP) is 5.49. The molecule has 0 radical (unpaired) electrons. The molecule has 0 unspecified atom stereocenters. The fraction of sp³-hybridized carbons (Fsp3) is 0.0952. The van der Waals surface area contributed by atoms with Crippen LogP contribution in [-0.4, -0.2) is 25.5 Å². The number of carbonyl (C=O) groups excluding carboxylic acids is 1. The molecule has 10 heteroatoms. The summed E-state index contributed by atoms with van der Waals surface area (Å²) in [5.74, 6) is 0.163. The number of hydrogen-bond donors (Lipinski definition) is 1. The average molecular weight is 521 g/mol. The summed E-state index contributed by atoms with van der Waals surface area (Å²) < 4.78 is 9.85. The molecule has 4 aromatic rings. The number of hydrogen-bond acceptors (Lipinski definition) is 4. The highest BCUT2D eigenvalue weighted by Gasteiger charge is 2.11. The SMILES string of the molecule is O=C(Nc1cccc(Cn2cc(Br)cn2)c1)c1ccn(COc2ccc(Cl)cc2Cl)n1. The molecule has 0 aliphatic rings. The number of amides is 1. The van der Waals surface area contributed by atoms with Gasteiger partial charge in [-0.25, -0.2) is 4.68 Å². The molecule has 0 aliphatic carbocycles. The van der Waals surface area contributed by atoms with Gasteiger partial charge in [-0.05, 0) is 57.9 Å². The number of nitrogens with zero attached hydrogens (tertiary/aromatic N) is 4. The van der Waals surface area contributed by atoms with Crippen molar-refractivity contribution in [3.8, 4) is 5.75 Å². The summed E-state index contributed by atoms with van der Waals surface area (Å²) in [6, 6.07) is 14.2. The minimum absolute atomic E-state index is 0.101. The van der Waals surface area contributed by atoms with Crippen molar-refractivity contribution >= 4 is 50.7 Å². The Hall–Kier alpha value is -2.81. The Kier molecular flexibility index (Phi) is 6.60. The Morgan fingerprint density at radius 1 is 1.13 bits per heavy atom. The van der Waals surface area contributed by atoms with Crippen molar-refractivity contribution in [3.63, 3.8) is 0 Å². The lowest BCUT2D eigenvalue weighted by atomic mass is 10.2. The van der Waals surface area contributed by atoms with Gasteiger partial charge in [0.15, 0.2) is 12.4 Å². The minimum atomic E-state index is -0.317. The van der Waals surface area contributed by atoms with Gasteiger partial charge >= 0.3 is 0 Å². The van der Waals surface area contributed by atoms with Crippen molar-refractivity contribution in [1.82, 2.24) is 19.6 Å². The molecule has 1 N–H and O–H groups in total. The first kappa shape index (κ1) is 21.4. The number of carbonyl (C=O) groups is 1. The predicted molar refractivity (Wildman–Crippen MR) is 123 cm³/mol. The zero-order valence-corrected chi connectivity index (χ0v) is 19.1. The minimum Gasteiger partial charge on any atom is -0.470 e. The van der Waals surface area contributed by atoms with Gasteiger partial charge in [0.1, 0.15) is 5.75 Å². The fourth-order valence-corrected chi connectivity index (χ4v) is 3.63. The summed E-state index contributed by atoms with van der Waals surface area (Å²) in [5, 5.41) is 12.3. The summed E-state index contributed by atoms with van der Waals surface area (Å²) in [5.41, 5.74) is 1.95. The standard InChI is InChI=1S/C21H16BrCl2N5O2/c22-15-10-25-29(12-15)11-14-2-1-3-17(8-14)26-21(30)19-6-7-28(27-19)13-31-20-5-4-16(23)9-18(20)24/h1-10,12H,11,13H2,(H,26,30). The number of aromatic nitrogens is 4. The number of nitrogens with one attached hydrogen (secondary N) is 1. The number of rotatable bonds is 7. The Morgan fingerprint density at radius 2 is 2.00 bits per heavy atom. The largest absolute Gasteiger partial charge is 0.470 e. The third kappa shape index (κ3) is 5.66. The first-order chi connectivity index (χ1) is 15.0. The third-order valence-corrected chi connectivity index (χ3v) is 5.19. The Morgan fingerprint density at radius 3 is 2.77 bits per heavy atom. The molecule has 0 atom stereocenters. The number of anilines is 1. The normalized spacial score (nSPS) is 10.8. The van der Waals surface area contributed by atoms with Crippen LogP contribution in [-0.2, 0) is 13.3 Å². The maximum atomic E-state index is 12.6. The molecule has 0 fully saturated rings. The third-order valence-electron chi connectivity index (χ3n) is 4.25. The van der Waals surface area contributed by atoms with E-state index >= 15 is 0 Å². The molecule has 0 spiro atoms. The highest BCUT2D eigenvalue weighted by atomic mass is 79.9. The first-order valence-corrected chi connectivity index (χ1v) is 10.7. The number of benzene rings is 2. The van der Waals surface area contributed by atoms with E-state index < -0.39 is 0 Å². The molecule has 2 heterocycles. The Bertz CT molecular complexity index is 1220. The van der Waals surface area contributed by atoms with Gasteiger partial charge in [0.25, 0.3) is 5.91 Å². The molecular weight excluding hydrogens is 505 g/mol. The van der Waals surface area contributed by atoms with Crippen molar-refractivity contribution in [2.24, 2.45) is 0 Å². The van der Waals surface area contributed by atoms with E-state index in [-0.39, 0.29) is 18.3 Å². The molecule has 0 saturated heterocycles. The van der Waals surface area contributed by atoms with Crippen LogP contribution in [0.5, 0.6) is 5.75 Å². The molecule has 31 heavy (non-hydrogen) atoms. The van der Waals surface area contributed by atoms with Gasteiger partial charge in [-0.3, -0.25) is 9.48 Å². The molecule has 2 aromatic carbocycles. The van der Waals surface area contributed by atoms with E-state index in [4.69, 9.17) is 27.9 Å². The first-order valence-electron chi connectivity index (χ1n) is 9.16. The lowest BCUT2D eigenvalue weighted by Crippen LogP contribution is -2.14. The van der Waals surface area contributed by atoms with Gasteiger partial charge < -0.3 is 10.1 Å². The molecule has 4 rings (SSSR count). The van der Waals surface area contributed by atoms with Gasteiger partial charge in [0.05, 0.1) is 22.2 Å². The van der Waals surface area contributed by atoms with E-state index in [9.17, 15) is 4.79 Å². The van der Waals surface area contributed by atoms with Crippen molar-refractivity contribution in [3.05, 3.63) is 92.9 Å². The van der Waals surface area contributed by atoms with Crippen molar-refractivity contribution < 1.29 is 9.53 Å². The molecule has 0 saturated carbocycles.